The second-order valence-electron chi connectivity index (χ2n) is 8.78. The highest BCUT2D eigenvalue weighted by atomic mass is 16.5. The molecule has 0 amide bonds. The highest BCUT2D eigenvalue weighted by molar-refractivity contribution is 5.65. The summed E-state index contributed by atoms with van der Waals surface area (Å²) in [6.45, 7) is 1.85. The van der Waals surface area contributed by atoms with Crippen LogP contribution in [0.2, 0.25) is 0 Å². The van der Waals surface area contributed by atoms with E-state index in [0.29, 0.717) is 0 Å². The zero-order valence-corrected chi connectivity index (χ0v) is 20.6. The molecule has 0 bridgehead atoms. The Labute approximate surface area is 209 Å². The second kappa shape index (κ2) is 13.3. The van der Waals surface area contributed by atoms with Gasteiger partial charge in [-0.05, 0) is 71.5 Å². The van der Waals surface area contributed by atoms with Crippen LogP contribution in [0.4, 0.5) is 0 Å². The zero-order chi connectivity index (χ0) is 24.1. The zero-order valence-electron chi connectivity index (χ0n) is 20.6. The Morgan fingerprint density at radius 1 is 0.571 bits per heavy atom. The van der Waals surface area contributed by atoms with Crippen LogP contribution < -0.4 is 14.0 Å². The van der Waals surface area contributed by atoms with Crippen molar-refractivity contribution in [1.29, 1.82) is 0 Å². The first kappa shape index (κ1) is 24.5. The highest BCUT2D eigenvalue weighted by Gasteiger charge is 2.03. The Balaban J connectivity index is 1.05. The molecule has 180 valence electrons. The fourth-order valence-electron chi connectivity index (χ4n) is 4.16. The second-order valence-corrected chi connectivity index (χ2v) is 8.78. The quantitative estimate of drug-likeness (QED) is 0.155. The van der Waals surface area contributed by atoms with E-state index >= 15 is 0 Å². The van der Waals surface area contributed by atoms with Gasteiger partial charge in [-0.15, -0.1) is 0 Å². The van der Waals surface area contributed by atoms with Crippen molar-refractivity contribution in [3.05, 3.63) is 97.6 Å². The number of nitrogens with zero attached hydrogens (tertiary/aromatic N) is 2. The summed E-state index contributed by atoms with van der Waals surface area (Å²) in [7, 11) is 1.69. The molecule has 0 radical (unpaired) electrons. The number of rotatable bonds is 13. The minimum absolute atomic E-state index is 0.779. The van der Waals surface area contributed by atoms with Gasteiger partial charge in [0.2, 0.25) is 0 Å². The predicted octanol–water partition coefficient (Wildman–Crippen LogP) is 7.13. The lowest BCUT2D eigenvalue weighted by Gasteiger charge is -2.08. The molecular formula is C31H35N2O2+. The van der Waals surface area contributed by atoms with Gasteiger partial charge in [0, 0.05) is 30.9 Å². The van der Waals surface area contributed by atoms with Crippen LogP contribution in [0.25, 0.3) is 22.3 Å². The molecule has 0 N–H and O–H groups in total. The van der Waals surface area contributed by atoms with Crippen LogP contribution in [0, 0.1) is 0 Å². The lowest BCUT2D eigenvalue weighted by molar-refractivity contribution is -0.697. The molecule has 0 aliphatic rings. The summed E-state index contributed by atoms with van der Waals surface area (Å²) >= 11 is 0. The van der Waals surface area contributed by atoms with Crippen molar-refractivity contribution in [3.8, 4) is 33.8 Å². The maximum atomic E-state index is 5.93. The van der Waals surface area contributed by atoms with E-state index in [1.807, 2.05) is 36.7 Å². The van der Waals surface area contributed by atoms with Gasteiger partial charge in [0.05, 0.1) is 13.7 Å². The standard InChI is InChI=1S/C31H35N2O2/c1-34-30-12-8-26(9-13-30)27-10-14-31(15-11-27)35-25-7-5-3-2-4-6-22-33-23-18-29(19-24-33)28-16-20-32-21-17-28/h8-21,23-24H,2-7,22,25H2,1H3/q+1. The van der Waals surface area contributed by atoms with Crippen LogP contribution in [-0.2, 0) is 6.54 Å². The number of ether oxygens (including phenoxy) is 2. The summed E-state index contributed by atoms with van der Waals surface area (Å²) in [5.74, 6) is 1.81. The minimum Gasteiger partial charge on any atom is -0.497 e. The maximum absolute atomic E-state index is 5.93. The number of benzene rings is 2. The maximum Gasteiger partial charge on any atom is 0.169 e. The molecule has 0 saturated carbocycles. The van der Waals surface area contributed by atoms with Gasteiger partial charge in [-0.1, -0.05) is 43.5 Å². The largest absolute Gasteiger partial charge is 0.497 e. The Kier molecular flexibility index (Phi) is 9.29. The van der Waals surface area contributed by atoms with E-state index in [9.17, 15) is 0 Å². The van der Waals surface area contributed by atoms with Crippen molar-refractivity contribution in [2.75, 3.05) is 13.7 Å². The van der Waals surface area contributed by atoms with Crippen molar-refractivity contribution in [3.63, 3.8) is 0 Å². The Bertz CT molecular complexity index is 1130. The molecule has 4 nitrogen and oxygen atoms in total. The van der Waals surface area contributed by atoms with Crippen LogP contribution in [0.15, 0.2) is 97.6 Å². The van der Waals surface area contributed by atoms with Crippen LogP contribution in [0.3, 0.4) is 0 Å². The average Bonchev–Trinajstić information content (AvgIpc) is 2.93. The molecule has 0 atom stereocenters. The van der Waals surface area contributed by atoms with Gasteiger partial charge in [-0.25, -0.2) is 4.57 Å². The summed E-state index contributed by atoms with van der Waals surface area (Å²) in [5, 5.41) is 0. The molecule has 2 heterocycles. The van der Waals surface area contributed by atoms with Crippen molar-refractivity contribution in [2.45, 2.75) is 45.1 Å². The lowest BCUT2D eigenvalue weighted by Crippen LogP contribution is -2.32. The molecule has 0 aliphatic carbocycles. The smallest absolute Gasteiger partial charge is 0.169 e. The summed E-state index contributed by atoms with van der Waals surface area (Å²) in [4.78, 5) is 4.08. The number of hydrogen-bond acceptors (Lipinski definition) is 3. The van der Waals surface area contributed by atoms with Crippen molar-refractivity contribution >= 4 is 0 Å². The number of pyridine rings is 2. The molecular weight excluding hydrogens is 432 g/mol. The van der Waals surface area contributed by atoms with Crippen LogP contribution in [-0.4, -0.2) is 18.7 Å². The van der Waals surface area contributed by atoms with Crippen molar-refractivity contribution < 1.29 is 14.0 Å². The average molecular weight is 468 g/mol. The SMILES string of the molecule is COc1ccc(-c2ccc(OCCCCCCCC[n+]3ccc(-c4ccncc4)cc3)cc2)cc1. The Morgan fingerprint density at radius 2 is 1.09 bits per heavy atom. The molecule has 4 rings (SSSR count). The molecule has 35 heavy (non-hydrogen) atoms. The van der Waals surface area contributed by atoms with Gasteiger partial charge in [0.15, 0.2) is 12.4 Å². The first-order valence-corrected chi connectivity index (χ1v) is 12.6. The molecule has 2 aromatic carbocycles. The topological polar surface area (TPSA) is 35.2 Å². The first-order chi connectivity index (χ1) is 17.3. The summed E-state index contributed by atoms with van der Waals surface area (Å²) in [6, 6.07) is 24.9. The monoisotopic (exact) mass is 467 g/mol. The molecule has 0 spiro atoms. The summed E-state index contributed by atoms with van der Waals surface area (Å²) in [6.07, 6.45) is 15.4. The predicted molar refractivity (Wildman–Crippen MR) is 141 cm³/mol. The number of unbranched alkanes of at least 4 members (excludes halogenated alkanes) is 5. The third-order valence-electron chi connectivity index (χ3n) is 6.26. The van der Waals surface area contributed by atoms with E-state index < -0.39 is 0 Å². The number of methoxy groups -OCH3 is 1. The molecule has 4 aromatic rings. The fourth-order valence-corrected chi connectivity index (χ4v) is 4.16. The number of hydrogen-bond donors (Lipinski definition) is 0. The van der Waals surface area contributed by atoms with Crippen molar-refractivity contribution in [2.24, 2.45) is 0 Å². The molecule has 2 aromatic heterocycles. The van der Waals surface area contributed by atoms with Gasteiger partial charge in [-0.3, -0.25) is 4.98 Å². The first-order valence-electron chi connectivity index (χ1n) is 12.6. The molecule has 0 fully saturated rings. The summed E-state index contributed by atoms with van der Waals surface area (Å²) in [5.41, 5.74) is 4.81. The van der Waals surface area contributed by atoms with E-state index in [-0.39, 0.29) is 0 Å². The molecule has 4 heteroatoms. The van der Waals surface area contributed by atoms with E-state index in [1.54, 1.807) is 7.11 Å². The van der Waals surface area contributed by atoms with E-state index in [4.69, 9.17) is 9.47 Å². The normalized spacial score (nSPS) is 10.8. The fraction of sp³-hybridized carbons (Fsp3) is 0.290. The number of aryl methyl sites for hydroxylation is 1. The van der Waals surface area contributed by atoms with Crippen LogP contribution in [0.5, 0.6) is 11.5 Å². The van der Waals surface area contributed by atoms with E-state index in [2.05, 4.69) is 70.5 Å². The van der Waals surface area contributed by atoms with Crippen molar-refractivity contribution in [1.82, 2.24) is 4.98 Å². The van der Waals surface area contributed by atoms with E-state index in [1.165, 1.54) is 54.4 Å². The van der Waals surface area contributed by atoms with Gasteiger partial charge in [-0.2, -0.15) is 0 Å². The van der Waals surface area contributed by atoms with Gasteiger partial charge < -0.3 is 9.47 Å². The Morgan fingerprint density at radius 3 is 1.71 bits per heavy atom. The summed E-state index contributed by atoms with van der Waals surface area (Å²) < 4.78 is 13.4. The molecule has 0 aliphatic heterocycles. The van der Waals surface area contributed by atoms with Gasteiger partial charge in [0.25, 0.3) is 0 Å². The van der Waals surface area contributed by atoms with E-state index in [0.717, 1.165) is 31.1 Å². The minimum atomic E-state index is 0.779. The molecule has 0 saturated heterocycles. The van der Waals surface area contributed by atoms with Crippen LogP contribution >= 0.6 is 0 Å². The molecule has 0 unspecified atom stereocenters. The third kappa shape index (κ3) is 7.68. The lowest BCUT2D eigenvalue weighted by atomic mass is 10.1. The van der Waals surface area contributed by atoms with Crippen LogP contribution in [0.1, 0.15) is 38.5 Å². The van der Waals surface area contributed by atoms with Gasteiger partial charge in [0.1, 0.15) is 18.0 Å². The van der Waals surface area contributed by atoms with Gasteiger partial charge >= 0.3 is 0 Å². The Hall–Kier alpha value is -3.66. The number of aromatic nitrogens is 2. The highest BCUT2D eigenvalue weighted by Crippen LogP contribution is 2.24. The third-order valence-corrected chi connectivity index (χ3v) is 6.26.